The van der Waals surface area contributed by atoms with Crippen LogP contribution in [0, 0.1) is 13.8 Å². The molecular formula is C13H19N3O2. The Morgan fingerprint density at radius 3 is 2.61 bits per heavy atom. The number of hydrogen-bond acceptors (Lipinski definition) is 3. The van der Waals surface area contributed by atoms with Crippen molar-refractivity contribution in [2.75, 3.05) is 0 Å². The number of hydrogen-bond donors (Lipinski definition) is 1. The minimum absolute atomic E-state index is 0.0889. The van der Waals surface area contributed by atoms with Crippen molar-refractivity contribution in [3.05, 3.63) is 17.0 Å². The molecule has 5 nitrogen and oxygen atoms in total. The van der Waals surface area contributed by atoms with Gasteiger partial charge in [-0.15, -0.1) is 5.10 Å². The van der Waals surface area contributed by atoms with Crippen LogP contribution in [0.5, 0.6) is 0 Å². The standard InChI is InChI=1S/C13H19N3O2/c1-6-16-9(5)10-8(4)11(18-13(10)15-16)12(17)14-7(2)3/h7H,6H2,1-5H3,(H,14,17). The molecule has 0 bridgehead atoms. The lowest BCUT2D eigenvalue weighted by Gasteiger charge is -2.06. The fraction of sp³-hybridized carbons (Fsp3) is 0.538. The van der Waals surface area contributed by atoms with Crippen molar-refractivity contribution in [1.82, 2.24) is 15.1 Å². The fourth-order valence-corrected chi connectivity index (χ4v) is 2.16. The first-order valence-corrected chi connectivity index (χ1v) is 6.23. The van der Waals surface area contributed by atoms with Crippen LogP contribution < -0.4 is 5.32 Å². The van der Waals surface area contributed by atoms with Crippen molar-refractivity contribution in [2.45, 2.75) is 47.2 Å². The zero-order valence-corrected chi connectivity index (χ0v) is 11.5. The van der Waals surface area contributed by atoms with E-state index in [2.05, 4.69) is 10.4 Å². The van der Waals surface area contributed by atoms with Crippen LogP contribution in [0.25, 0.3) is 11.1 Å². The minimum atomic E-state index is -0.178. The average Bonchev–Trinajstić information content (AvgIpc) is 2.76. The molecular weight excluding hydrogens is 230 g/mol. The second-order valence-corrected chi connectivity index (χ2v) is 4.77. The van der Waals surface area contributed by atoms with E-state index in [9.17, 15) is 4.79 Å². The van der Waals surface area contributed by atoms with Gasteiger partial charge in [0.25, 0.3) is 5.91 Å². The van der Waals surface area contributed by atoms with E-state index in [1.54, 1.807) is 0 Å². The third kappa shape index (κ3) is 1.89. The van der Waals surface area contributed by atoms with Gasteiger partial charge in [-0.2, -0.15) is 0 Å². The van der Waals surface area contributed by atoms with Crippen LogP contribution in [0.4, 0.5) is 0 Å². The second kappa shape index (κ2) is 4.48. The lowest BCUT2D eigenvalue weighted by Crippen LogP contribution is -2.30. The molecule has 0 aromatic carbocycles. The first-order chi connectivity index (χ1) is 8.45. The highest BCUT2D eigenvalue weighted by molar-refractivity contribution is 5.98. The number of carbonyl (C=O) groups excluding carboxylic acids is 1. The van der Waals surface area contributed by atoms with Crippen molar-refractivity contribution in [1.29, 1.82) is 0 Å². The number of rotatable bonds is 3. The van der Waals surface area contributed by atoms with E-state index in [4.69, 9.17) is 4.42 Å². The lowest BCUT2D eigenvalue weighted by atomic mass is 10.1. The number of fused-ring (bicyclic) bond motifs is 1. The molecule has 18 heavy (non-hydrogen) atoms. The Morgan fingerprint density at radius 1 is 1.44 bits per heavy atom. The predicted octanol–water partition coefficient (Wildman–Crippen LogP) is 2.40. The third-order valence-corrected chi connectivity index (χ3v) is 3.01. The molecule has 1 N–H and O–H groups in total. The summed E-state index contributed by atoms with van der Waals surface area (Å²) in [5.74, 6) is 0.190. The molecule has 0 fully saturated rings. The topological polar surface area (TPSA) is 60.1 Å². The summed E-state index contributed by atoms with van der Waals surface area (Å²) in [5.41, 5.74) is 2.44. The molecule has 2 aromatic rings. The highest BCUT2D eigenvalue weighted by Gasteiger charge is 2.22. The normalized spacial score (nSPS) is 11.4. The maximum absolute atomic E-state index is 12.0. The number of aromatic nitrogens is 2. The number of furan rings is 1. The monoisotopic (exact) mass is 249 g/mol. The summed E-state index contributed by atoms with van der Waals surface area (Å²) < 4.78 is 7.46. The summed E-state index contributed by atoms with van der Waals surface area (Å²) >= 11 is 0. The van der Waals surface area contributed by atoms with Crippen molar-refractivity contribution < 1.29 is 9.21 Å². The number of nitrogens with zero attached hydrogens (tertiary/aromatic N) is 2. The zero-order chi connectivity index (χ0) is 13.4. The molecule has 5 heteroatoms. The fourth-order valence-electron chi connectivity index (χ4n) is 2.16. The van der Waals surface area contributed by atoms with Gasteiger partial charge in [0, 0.05) is 23.8 Å². The molecule has 0 atom stereocenters. The highest BCUT2D eigenvalue weighted by Crippen LogP contribution is 2.27. The molecule has 0 radical (unpaired) electrons. The van der Waals surface area contributed by atoms with Gasteiger partial charge < -0.3 is 9.73 Å². The van der Waals surface area contributed by atoms with Crippen LogP contribution in [0.3, 0.4) is 0 Å². The minimum Gasteiger partial charge on any atom is -0.431 e. The summed E-state index contributed by atoms with van der Waals surface area (Å²) in [5, 5.41) is 8.12. The smallest absolute Gasteiger partial charge is 0.287 e. The molecule has 2 heterocycles. The Hall–Kier alpha value is -1.78. The van der Waals surface area contributed by atoms with Crippen molar-refractivity contribution in [2.24, 2.45) is 0 Å². The van der Waals surface area contributed by atoms with Crippen LogP contribution in [-0.2, 0) is 6.54 Å². The van der Waals surface area contributed by atoms with Crippen molar-refractivity contribution >= 4 is 17.0 Å². The molecule has 0 aliphatic rings. The largest absolute Gasteiger partial charge is 0.431 e. The highest BCUT2D eigenvalue weighted by atomic mass is 16.4. The number of aryl methyl sites for hydroxylation is 3. The van der Waals surface area contributed by atoms with E-state index < -0.39 is 0 Å². The van der Waals surface area contributed by atoms with E-state index in [0.29, 0.717) is 11.5 Å². The van der Waals surface area contributed by atoms with Crippen LogP contribution in [0.2, 0.25) is 0 Å². The first-order valence-electron chi connectivity index (χ1n) is 6.23. The van der Waals surface area contributed by atoms with Gasteiger partial charge in [0.2, 0.25) is 5.71 Å². The molecule has 2 rings (SSSR count). The Kier molecular flexibility index (Phi) is 3.15. The quantitative estimate of drug-likeness (QED) is 0.908. The third-order valence-electron chi connectivity index (χ3n) is 3.01. The van der Waals surface area contributed by atoms with Crippen molar-refractivity contribution in [3.63, 3.8) is 0 Å². The van der Waals surface area contributed by atoms with E-state index >= 15 is 0 Å². The van der Waals surface area contributed by atoms with E-state index in [-0.39, 0.29) is 11.9 Å². The molecule has 0 saturated carbocycles. The zero-order valence-electron chi connectivity index (χ0n) is 11.5. The maximum Gasteiger partial charge on any atom is 0.287 e. The number of amides is 1. The number of nitrogens with one attached hydrogen (secondary N) is 1. The van der Waals surface area contributed by atoms with Gasteiger partial charge in [-0.3, -0.25) is 9.48 Å². The molecule has 0 unspecified atom stereocenters. The van der Waals surface area contributed by atoms with E-state index in [1.165, 1.54) is 0 Å². The molecule has 0 saturated heterocycles. The van der Waals surface area contributed by atoms with Crippen LogP contribution in [0.15, 0.2) is 4.42 Å². The summed E-state index contributed by atoms with van der Waals surface area (Å²) in [4.78, 5) is 12.0. The molecule has 1 amide bonds. The Morgan fingerprint density at radius 2 is 2.11 bits per heavy atom. The van der Waals surface area contributed by atoms with Gasteiger partial charge in [0.1, 0.15) is 0 Å². The Labute approximate surface area is 106 Å². The average molecular weight is 249 g/mol. The van der Waals surface area contributed by atoms with Crippen LogP contribution in [-0.4, -0.2) is 21.7 Å². The van der Waals surface area contributed by atoms with Gasteiger partial charge in [0.05, 0.1) is 5.39 Å². The van der Waals surface area contributed by atoms with Gasteiger partial charge >= 0.3 is 0 Å². The molecule has 0 aliphatic carbocycles. The lowest BCUT2D eigenvalue weighted by molar-refractivity contribution is 0.0916. The molecule has 2 aromatic heterocycles. The second-order valence-electron chi connectivity index (χ2n) is 4.77. The molecule has 0 aliphatic heterocycles. The number of carbonyl (C=O) groups is 1. The summed E-state index contributed by atoms with van der Waals surface area (Å²) in [6.45, 7) is 10.6. The van der Waals surface area contributed by atoms with Crippen LogP contribution >= 0.6 is 0 Å². The van der Waals surface area contributed by atoms with Crippen molar-refractivity contribution in [3.8, 4) is 0 Å². The Bertz CT molecular complexity index is 593. The maximum atomic E-state index is 12.0. The Balaban J connectivity index is 2.49. The predicted molar refractivity (Wildman–Crippen MR) is 69.7 cm³/mol. The summed E-state index contributed by atoms with van der Waals surface area (Å²) in [6, 6.07) is 0.0889. The summed E-state index contributed by atoms with van der Waals surface area (Å²) in [7, 11) is 0. The van der Waals surface area contributed by atoms with Gasteiger partial charge in [-0.25, -0.2) is 0 Å². The molecule has 0 spiro atoms. The summed E-state index contributed by atoms with van der Waals surface area (Å²) in [6.07, 6.45) is 0. The SMILES string of the molecule is CCn1nc2oc(C(=O)NC(C)C)c(C)c2c1C. The van der Waals surface area contributed by atoms with Crippen LogP contribution in [0.1, 0.15) is 42.6 Å². The van der Waals surface area contributed by atoms with Gasteiger partial charge in [-0.1, -0.05) is 0 Å². The molecule has 98 valence electrons. The van der Waals surface area contributed by atoms with Gasteiger partial charge in [0.15, 0.2) is 5.76 Å². The van der Waals surface area contributed by atoms with Gasteiger partial charge in [-0.05, 0) is 34.6 Å². The van der Waals surface area contributed by atoms with E-state index in [0.717, 1.165) is 23.2 Å². The first kappa shape index (κ1) is 12.7. The van der Waals surface area contributed by atoms with E-state index in [1.807, 2.05) is 39.3 Å².